The molecule has 1 saturated heterocycles. The van der Waals surface area contributed by atoms with Crippen molar-refractivity contribution in [1.82, 2.24) is 15.5 Å². The first-order valence-electron chi connectivity index (χ1n) is 6.45. The minimum Gasteiger partial charge on any atom is -0.317 e. The number of piperazine rings is 1. The van der Waals surface area contributed by atoms with E-state index < -0.39 is 0 Å². The zero-order chi connectivity index (χ0) is 10.9. The summed E-state index contributed by atoms with van der Waals surface area (Å²) < 4.78 is 0. The fourth-order valence-electron chi connectivity index (χ4n) is 2.09. The van der Waals surface area contributed by atoms with Crippen molar-refractivity contribution >= 4 is 0 Å². The van der Waals surface area contributed by atoms with Crippen LogP contribution < -0.4 is 10.6 Å². The van der Waals surface area contributed by atoms with Crippen LogP contribution in [0.25, 0.3) is 0 Å². The third-order valence-corrected chi connectivity index (χ3v) is 3.09. The molecule has 1 atom stereocenters. The molecule has 1 aliphatic heterocycles. The molecule has 1 fully saturated rings. The van der Waals surface area contributed by atoms with Crippen LogP contribution in [0.15, 0.2) is 0 Å². The van der Waals surface area contributed by atoms with E-state index in [1.165, 1.54) is 45.3 Å². The summed E-state index contributed by atoms with van der Waals surface area (Å²) in [5, 5.41) is 7.09. The van der Waals surface area contributed by atoms with E-state index in [1.54, 1.807) is 0 Å². The van der Waals surface area contributed by atoms with Gasteiger partial charge < -0.3 is 15.5 Å². The molecule has 1 heterocycles. The molecule has 0 saturated carbocycles. The number of likely N-dealkylation sites (N-methyl/N-ethyl adjacent to an activating group) is 1. The molecule has 3 heteroatoms. The molecule has 0 aromatic rings. The van der Waals surface area contributed by atoms with E-state index in [9.17, 15) is 0 Å². The summed E-state index contributed by atoms with van der Waals surface area (Å²) >= 11 is 0. The molecule has 1 unspecified atom stereocenters. The van der Waals surface area contributed by atoms with E-state index in [4.69, 9.17) is 0 Å². The van der Waals surface area contributed by atoms with Crippen LogP contribution in [-0.4, -0.2) is 50.7 Å². The summed E-state index contributed by atoms with van der Waals surface area (Å²) in [5.41, 5.74) is 0. The number of nitrogens with one attached hydrogen (secondary N) is 2. The van der Waals surface area contributed by atoms with E-state index in [1.807, 2.05) is 0 Å². The summed E-state index contributed by atoms with van der Waals surface area (Å²) in [6.07, 6.45) is 5.26. The van der Waals surface area contributed by atoms with Crippen molar-refractivity contribution < 1.29 is 0 Å². The largest absolute Gasteiger partial charge is 0.317 e. The maximum Gasteiger partial charge on any atom is 0.0207 e. The van der Waals surface area contributed by atoms with Gasteiger partial charge in [-0.1, -0.05) is 19.8 Å². The Labute approximate surface area is 94.6 Å². The second-order valence-corrected chi connectivity index (χ2v) is 4.66. The molecule has 2 N–H and O–H groups in total. The lowest BCUT2D eigenvalue weighted by molar-refractivity contribution is 0.231. The maximum absolute atomic E-state index is 3.57. The quantitative estimate of drug-likeness (QED) is 0.619. The van der Waals surface area contributed by atoms with Crippen LogP contribution in [-0.2, 0) is 0 Å². The second-order valence-electron chi connectivity index (χ2n) is 4.66. The molecule has 0 bridgehead atoms. The minimum atomic E-state index is 0.697. The first-order chi connectivity index (χ1) is 7.33. The van der Waals surface area contributed by atoms with Gasteiger partial charge in [0, 0.05) is 25.7 Å². The molecule has 0 aromatic heterocycles. The Hall–Kier alpha value is -0.120. The van der Waals surface area contributed by atoms with Gasteiger partial charge in [-0.2, -0.15) is 0 Å². The normalized spacial score (nSPS) is 23.2. The molecule has 0 spiro atoms. The average molecular weight is 213 g/mol. The molecular formula is C12H27N3. The van der Waals surface area contributed by atoms with Gasteiger partial charge in [-0.15, -0.1) is 0 Å². The molecule has 0 radical (unpaired) electrons. The molecule has 1 rings (SSSR count). The van der Waals surface area contributed by atoms with Crippen LogP contribution in [0.1, 0.15) is 32.6 Å². The molecule has 0 amide bonds. The highest BCUT2D eigenvalue weighted by Gasteiger charge is 2.15. The lowest BCUT2D eigenvalue weighted by atomic mass is 10.1. The van der Waals surface area contributed by atoms with Crippen molar-refractivity contribution in [2.24, 2.45) is 0 Å². The van der Waals surface area contributed by atoms with Crippen molar-refractivity contribution in [2.75, 3.05) is 39.8 Å². The first kappa shape index (κ1) is 12.9. The predicted octanol–water partition coefficient (Wildman–Crippen LogP) is 1.06. The lowest BCUT2D eigenvalue weighted by Crippen LogP contribution is -2.49. The smallest absolute Gasteiger partial charge is 0.0207 e. The van der Waals surface area contributed by atoms with Crippen LogP contribution in [0.4, 0.5) is 0 Å². The van der Waals surface area contributed by atoms with Crippen LogP contribution in [0.2, 0.25) is 0 Å². The highest BCUT2D eigenvalue weighted by molar-refractivity contribution is 4.77. The fraction of sp³-hybridized carbons (Fsp3) is 1.00. The van der Waals surface area contributed by atoms with Gasteiger partial charge in [-0.3, -0.25) is 0 Å². The van der Waals surface area contributed by atoms with E-state index in [0.29, 0.717) is 6.04 Å². The molecule has 0 aliphatic carbocycles. The lowest BCUT2D eigenvalue weighted by Gasteiger charge is -2.30. The Balaban J connectivity index is 1.90. The van der Waals surface area contributed by atoms with E-state index >= 15 is 0 Å². The third-order valence-electron chi connectivity index (χ3n) is 3.09. The van der Waals surface area contributed by atoms with Gasteiger partial charge in [0.05, 0.1) is 0 Å². The summed E-state index contributed by atoms with van der Waals surface area (Å²) in [7, 11) is 2.21. The van der Waals surface area contributed by atoms with E-state index in [2.05, 4.69) is 29.5 Å². The van der Waals surface area contributed by atoms with Crippen molar-refractivity contribution in [1.29, 1.82) is 0 Å². The van der Waals surface area contributed by atoms with Crippen molar-refractivity contribution in [2.45, 2.75) is 38.6 Å². The van der Waals surface area contributed by atoms with Gasteiger partial charge in [0.25, 0.3) is 0 Å². The van der Waals surface area contributed by atoms with E-state index in [0.717, 1.165) is 13.1 Å². The highest BCUT2D eigenvalue weighted by atomic mass is 15.2. The third kappa shape index (κ3) is 6.13. The zero-order valence-electron chi connectivity index (χ0n) is 10.4. The molecule has 0 aromatic carbocycles. The zero-order valence-corrected chi connectivity index (χ0v) is 10.4. The van der Waals surface area contributed by atoms with Gasteiger partial charge in [0.2, 0.25) is 0 Å². The number of nitrogens with zero attached hydrogens (tertiary/aromatic N) is 1. The first-order valence-corrected chi connectivity index (χ1v) is 6.45. The molecular weight excluding hydrogens is 186 g/mol. The van der Waals surface area contributed by atoms with Gasteiger partial charge in [-0.25, -0.2) is 0 Å². The van der Waals surface area contributed by atoms with Crippen molar-refractivity contribution in [3.8, 4) is 0 Å². The second kappa shape index (κ2) is 8.08. The Morgan fingerprint density at radius 3 is 2.93 bits per heavy atom. The Bertz CT molecular complexity index is 150. The Kier molecular flexibility index (Phi) is 6.98. The predicted molar refractivity (Wildman–Crippen MR) is 66.3 cm³/mol. The number of hydrogen-bond acceptors (Lipinski definition) is 3. The average Bonchev–Trinajstić information content (AvgIpc) is 2.23. The van der Waals surface area contributed by atoms with Gasteiger partial charge in [0.1, 0.15) is 0 Å². The van der Waals surface area contributed by atoms with Crippen molar-refractivity contribution in [3.63, 3.8) is 0 Å². The fourth-order valence-corrected chi connectivity index (χ4v) is 2.09. The minimum absolute atomic E-state index is 0.697. The summed E-state index contributed by atoms with van der Waals surface area (Å²) in [4.78, 5) is 2.41. The standard InChI is InChI=1S/C12H27N3/c1-3-4-5-7-13-8-6-12-11-15(2)10-9-14-12/h12-14H,3-11H2,1-2H3. The van der Waals surface area contributed by atoms with Gasteiger partial charge >= 0.3 is 0 Å². The monoisotopic (exact) mass is 213 g/mol. The number of unbranched alkanes of at least 4 members (excludes halogenated alkanes) is 2. The Morgan fingerprint density at radius 2 is 2.20 bits per heavy atom. The SMILES string of the molecule is CCCCCNCCC1CN(C)CCN1. The number of hydrogen-bond donors (Lipinski definition) is 2. The van der Waals surface area contributed by atoms with E-state index in [-0.39, 0.29) is 0 Å². The highest BCUT2D eigenvalue weighted by Crippen LogP contribution is 1.99. The molecule has 3 nitrogen and oxygen atoms in total. The summed E-state index contributed by atoms with van der Waals surface area (Å²) in [5.74, 6) is 0. The van der Waals surface area contributed by atoms with Gasteiger partial charge in [0.15, 0.2) is 0 Å². The maximum atomic E-state index is 3.57. The summed E-state index contributed by atoms with van der Waals surface area (Å²) in [6.45, 7) is 8.15. The van der Waals surface area contributed by atoms with Crippen LogP contribution in [0.3, 0.4) is 0 Å². The Morgan fingerprint density at radius 1 is 1.33 bits per heavy atom. The van der Waals surface area contributed by atoms with Crippen LogP contribution >= 0.6 is 0 Å². The van der Waals surface area contributed by atoms with Crippen LogP contribution in [0.5, 0.6) is 0 Å². The molecule has 15 heavy (non-hydrogen) atoms. The molecule has 90 valence electrons. The van der Waals surface area contributed by atoms with Gasteiger partial charge in [-0.05, 0) is 33.0 Å². The number of rotatable bonds is 7. The summed E-state index contributed by atoms with van der Waals surface area (Å²) in [6, 6.07) is 0.697. The van der Waals surface area contributed by atoms with Crippen LogP contribution in [0, 0.1) is 0 Å². The topological polar surface area (TPSA) is 27.3 Å². The molecule has 1 aliphatic rings. The van der Waals surface area contributed by atoms with Crippen molar-refractivity contribution in [3.05, 3.63) is 0 Å².